The molecule has 98 valence electrons. The molecule has 4 heteroatoms. The number of phenolic OH excluding ortho intramolecular Hbond substituents is 1. The Balaban J connectivity index is 1.96. The van der Waals surface area contributed by atoms with Gasteiger partial charge in [0, 0.05) is 26.1 Å². The van der Waals surface area contributed by atoms with Gasteiger partial charge in [-0.2, -0.15) is 0 Å². The van der Waals surface area contributed by atoms with E-state index in [1.54, 1.807) is 12.1 Å². The highest BCUT2D eigenvalue weighted by atomic mass is 16.3. The molecule has 0 atom stereocenters. The van der Waals surface area contributed by atoms with E-state index in [1.165, 1.54) is 5.56 Å². The molecule has 1 aliphatic rings. The van der Waals surface area contributed by atoms with Crippen LogP contribution in [0.5, 0.6) is 5.75 Å². The van der Waals surface area contributed by atoms with E-state index in [9.17, 15) is 9.90 Å². The number of aliphatic hydroxyl groups excluding tert-OH is 1. The molecule has 4 nitrogen and oxygen atoms in total. The van der Waals surface area contributed by atoms with E-state index in [0.717, 1.165) is 24.9 Å². The number of benzene rings is 1. The maximum atomic E-state index is 11.9. The standard InChI is InChI=1S/C14H19NO3/c16-8-2-1-3-14(18)15-7-6-11-4-5-13(17)9-12(11)10-15/h4-5,9,16-17H,1-3,6-8,10H2. The first-order valence-electron chi connectivity index (χ1n) is 6.40. The minimum atomic E-state index is 0.137. The Labute approximate surface area is 107 Å². The Kier molecular flexibility index (Phi) is 4.20. The van der Waals surface area contributed by atoms with Gasteiger partial charge in [-0.1, -0.05) is 6.07 Å². The van der Waals surface area contributed by atoms with Crippen LogP contribution in [-0.2, 0) is 17.8 Å². The maximum Gasteiger partial charge on any atom is 0.222 e. The molecule has 0 radical (unpaired) electrons. The van der Waals surface area contributed by atoms with Crippen LogP contribution >= 0.6 is 0 Å². The number of rotatable bonds is 4. The van der Waals surface area contributed by atoms with E-state index in [0.29, 0.717) is 19.4 Å². The van der Waals surface area contributed by atoms with Gasteiger partial charge in [0.15, 0.2) is 0 Å². The number of phenols is 1. The summed E-state index contributed by atoms with van der Waals surface area (Å²) in [4.78, 5) is 13.8. The summed E-state index contributed by atoms with van der Waals surface area (Å²) in [7, 11) is 0. The van der Waals surface area contributed by atoms with Crippen LogP contribution in [0.25, 0.3) is 0 Å². The fourth-order valence-corrected chi connectivity index (χ4v) is 2.30. The second kappa shape index (κ2) is 5.87. The first-order chi connectivity index (χ1) is 8.70. The van der Waals surface area contributed by atoms with Crippen molar-refractivity contribution in [2.75, 3.05) is 13.2 Å². The van der Waals surface area contributed by atoms with Crippen molar-refractivity contribution < 1.29 is 15.0 Å². The van der Waals surface area contributed by atoms with Crippen molar-refractivity contribution in [2.45, 2.75) is 32.2 Å². The predicted molar refractivity (Wildman–Crippen MR) is 68.2 cm³/mol. The van der Waals surface area contributed by atoms with Crippen LogP contribution in [0.1, 0.15) is 30.4 Å². The molecule has 1 heterocycles. The van der Waals surface area contributed by atoms with Crippen LogP contribution < -0.4 is 0 Å². The molecule has 0 unspecified atom stereocenters. The number of fused-ring (bicyclic) bond motifs is 1. The lowest BCUT2D eigenvalue weighted by molar-refractivity contribution is -0.132. The van der Waals surface area contributed by atoms with Gasteiger partial charge in [-0.15, -0.1) is 0 Å². The zero-order valence-corrected chi connectivity index (χ0v) is 10.4. The highest BCUT2D eigenvalue weighted by molar-refractivity contribution is 5.76. The first-order valence-corrected chi connectivity index (χ1v) is 6.40. The topological polar surface area (TPSA) is 60.8 Å². The van der Waals surface area contributed by atoms with Gasteiger partial charge in [-0.25, -0.2) is 0 Å². The third-order valence-corrected chi connectivity index (χ3v) is 3.35. The van der Waals surface area contributed by atoms with Gasteiger partial charge >= 0.3 is 0 Å². The summed E-state index contributed by atoms with van der Waals surface area (Å²) in [5.41, 5.74) is 2.25. The normalized spacial score (nSPS) is 14.4. The minimum absolute atomic E-state index is 0.137. The van der Waals surface area contributed by atoms with Crippen LogP contribution in [0.2, 0.25) is 0 Å². The highest BCUT2D eigenvalue weighted by Gasteiger charge is 2.20. The lowest BCUT2D eigenvalue weighted by atomic mass is 9.99. The third-order valence-electron chi connectivity index (χ3n) is 3.35. The zero-order chi connectivity index (χ0) is 13.0. The molecule has 0 saturated carbocycles. The Morgan fingerprint density at radius 2 is 2.11 bits per heavy atom. The number of hydrogen-bond donors (Lipinski definition) is 2. The molecule has 0 bridgehead atoms. The van der Waals surface area contributed by atoms with Crippen LogP contribution in [0.4, 0.5) is 0 Å². The number of carbonyl (C=O) groups excluding carboxylic acids is 1. The number of unbranched alkanes of at least 4 members (excludes halogenated alkanes) is 1. The number of carbonyl (C=O) groups is 1. The van der Waals surface area contributed by atoms with Crippen molar-refractivity contribution in [3.8, 4) is 5.75 Å². The fourth-order valence-electron chi connectivity index (χ4n) is 2.30. The molecule has 1 aromatic carbocycles. The molecule has 0 saturated heterocycles. The van der Waals surface area contributed by atoms with Gasteiger partial charge in [0.05, 0.1) is 0 Å². The SMILES string of the molecule is O=C(CCCCO)N1CCc2ccc(O)cc2C1. The molecule has 1 aromatic rings. The average Bonchev–Trinajstić information content (AvgIpc) is 2.38. The summed E-state index contributed by atoms with van der Waals surface area (Å²) in [5.74, 6) is 0.390. The van der Waals surface area contributed by atoms with Crippen molar-refractivity contribution in [3.63, 3.8) is 0 Å². The zero-order valence-electron chi connectivity index (χ0n) is 10.4. The molecule has 0 aliphatic carbocycles. The van der Waals surface area contributed by atoms with Gasteiger partial charge in [0.2, 0.25) is 5.91 Å². The first kappa shape index (κ1) is 12.9. The summed E-state index contributed by atoms with van der Waals surface area (Å²) < 4.78 is 0. The molecular weight excluding hydrogens is 230 g/mol. The van der Waals surface area contributed by atoms with Crippen LogP contribution in [0.15, 0.2) is 18.2 Å². The van der Waals surface area contributed by atoms with Crippen molar-refractivity contribution in [3.05, 3.63) is 29.3 Å². The van der Waals surface area contributed by atoms with E-state index in [-0.39, 0.29) is 18.3 Å². The Hall–Kier alpha value is -1.55. The maximum absolute atomic E-state index is 11.9. The molecule has 2 rings (SSSR count). The predicted octanol–water partition coefficient (Wildman–Crippen LogP) is 1.44. The van der Waals surface area contributed by atoms with Gasteiger partial charge in [0.25, 0.3) is 0 Å². The number of nitrogens with zero attached hydrogens (tertiary/aromatic N) is 1. The van der Waals surface area contributed by atoms with E-state index < -0.39 is 0 Å². The Morgan fingerprint density at radius 3 is 2.89 bits per heavy atom. The van der Waals surface area contributed by atoms with Crippen molar-refractivity contribution in [1.82, 2.24) is 4.90 Å². The van der Waals surface area contributed by atoms with Crippen molar-refractivity contribution in [2.24, 2.45) is 0 Å². The molecule has 0 fully saturated rings. The molecule has 18 heavy (non-hydrogen) atoms. The van der Waals surface area contributed by atoms with Crippen LogP contribution in [0, 0.1) is 0 Å². The molecule has 1 aliphatic heterocycles. The van der Waals surface area contributed by atoms with Gasteiger partial charge in [-0.3, -0.25) is 4.79 Å². The van der Waals surface area contributed by atoms with E-state index in [4.69, 9.17) is 5.11 Å². The quantitative estimate of drug-likeness (QED) is 0.794. The number of hydrogen-bond acceptors (Lipinski definition) is 3. The summed E-state index contributed by atoms with van der Waals surface area (Å²) in [5, 5.41) is 18.2. The summed E-state index contributed by atoms with van der Waals surface area (Å²) in [6.45, 7) is 1.47. The van der Waals surface area contributed by atoms with Crippen LogP contribution in [0.3, 0.4) is 0 Å². The number of aliphatic hydroxyl groups is 1. The molecule has 2 N–H and O–H groups in total. The van der Waals surface area contributed by atoms with E-state index >= 15 is 0 Å². The van der Waals surface area contributed by atoms with Gasteiger partial charge < -0.3 is 15.1 Å². The minimum Gasteiger partial charge on any atom is -0.508 e. The monoisotopic (exact) mass is 249 g/mol. The molecule has 0 spiro atoms. The van der Waals surface area contributed by atoms with Crippen molar-refractivity contribution >= 4 is 5.91 Å². The summed E-state index contributed by atoms with van der Waals surface area (Å²) in [6, 6.07) is 5.36. The lowest BCUT2D eigenvalue weighted by Gasteiger charge is -2.29. The number of aromatic hydroxyl groups is 1. The Bertz CT molecular complexity index is 431. The largest absolute Gasteiger partial charge is 0.508 e. The second-order valence-corrected chi connectivity index (χ2v) is 4.70. The molecule has 0 aromatic heterocycles. The average molecular weight is 249 g/mol. The van der Waals surface area contributed by atoms with Gasteiger partial charge in [-0.05, 0) is 42.5 Å². The van der Waals surface area contributed by atoms with Crippen molar-refractivity contribution in [1.29, 1.82) is 0 Å². The van der Waals surface area contributed by atoms with Gasteiger partial charge in [0.1, 0.15) is 5.75 Å². The lowest BCUT2D eigenvalue weighted by Crippen LogP contribution is -2.35. The fraction of sp³-hybridized carbons (Fsp3) is 0.500. The summed E-state index contributed by atoms with van der Waals surface area (Å²) >= 11 is 0. The smallest absolute Gasteiger partial charge is 0.222 e. The molecule has 1 amide bonds. The second-order valence-electron chi connectivity index (χ2n) is 4.70. The van der Waals surface area contributed by atoms with Crippen LogP contribution in [-0.4, -0.2) is 34.2 Å². The third kappa shape index (κ3) is 3.01. The Morgan fingerprint density at radius 1 is 1.28 bits per heavy atom. The molecular formula is C14H19NO3. The number of amides is 1. The van der Waals surface area contributed by atoms with E-state index in [1.807, 2.05) is 11.0 Å². The summed E-state index contributed by atoms with van der Waals surface area (Å²) in [6.07, 6.45) is 2.76. The van der Waals surface area contributed by atoms with E-state index in [2.05, 4.69) is 0 Å². The highest BCUT2D eigenvalue weighted by Crippen LogP contribution is 2.23.